The number of phenolic OH excluding ortho intramolecular Hbond substituents is 1. The minimum Gasteiger partial charge on any atom is -0.507 e. The molecule has 0 amide bonds. The van der Waals surface area contributed by atoms with Crippen molar-refractivity contribution < 1.29 is 5.11 Å². The SMILES string of the molecule is Oc1ccc(I)cc1-c1nc2ccccc2n1C1CC1. The molecule has 20 heavy (non-hydrogen) atoms. The molecule has 4 rings (SSSR count). The lowest BCUT2D eigenvalue weighted by Gasteiger charge is -2.09. The summed E-state index contributed by atoms with van der Waals surface area (Å²) in [5.41, 5.74) is 2.97. The van der Waals surface area contributed by atoms with Crippen LogP contribution in [-0.2, 0) is 0 Å². The van der Waals surface area contributed by atoms with Crippen LogP contribution in [0.1, 0.15) is 18.9 Å². The van der Waals surface area contributed by atoms with Gasteiger partial charge in [0.2, 0.25) is 0 Å². The minimum atomic E-state index is 0.294. The molecule has 1 N–H and O–H groups in total. The Morgan fingerprint density at radius 3 is 2.75 bits per heavy atom. The average Bonchev–Trinajstić information content (AvgIpc) is 3.21. The zero-order chi connectivity index (χ0) is 13.7. The van der Waals surface area contributed by atoms with E-state index in [0.717, 1.165) is 26.0 Å². The number of halogens is 1. The first kappa shape index (κ1) is 12.2. The van der Waals surface area contributed by atoms with Crippen LogP contribution in [0.2, 0.25) is 0 Å². The molecule has 0 atom stereocenters. The lowest BCUT2D eigenvalue weighted by molar-refractivity contribution is 0.476. The second-order valence-corrected chi connectivity index (χ2v) is 6.43. The number of aromatic nitrogens is 2. The quantitative estimate of drug-likeness (QED) is 0.676. The molecule has 0 radical (unpaired) electrons. The maximum atomic E-state index is 10.2. The average molecular weight is 376 g/mol. The standard InChI is InChI=1S/C16H13IN2O/c17-10-5-8-15(20)12(9-10)16-18-13-3-1-2-4-14(13)19(16)11-6-7-11/h1-5,8-9,11,20H,6-7H2. The van der Waals surface area contributed by atoms with Crippen LogP contribution in [0.15, 0.2) is 42.5 Å². The molecule has 1 heterocycles. The van der Waals surface area contributed by atoms with Gasteiger partial charge in [-0.05, 0) is 65.8 Å². The Labute approximate surface area is 130 Å². The molecule has 3 aromatic rings. The topological polar surface area (TPSA) is 38.1 Å². The molecule has 2 aromatic carbocycles. The summed E-state index contributed by atoms with van der Waals surface area (Å²) < 4.78 is 3.38. The summed E-state index contributed by atoms with van der Waals surface area (Å²) >= 11 is 2.26. The van der Waals surface area contributed by atoms with Crippen molar-refractivity contribution >= 4 is 33.6 Å². The number of hydrogen-bond donors (Lipinski definition) is 1. The van der Waals surface area contributed by atoms with Crippen molar-refractivity contribution in [1.29, 1.82) is 0 Å². The van der Waals surface area contributed by atoms with Crippen LogP contribution in [0.5, 0.6) is 5.75 Å². The Balaban J connectivity index is 2.03. The zero-order valence-corrected chi connectivity index (χ0v) is 12.9. The highest BCUT2D eigenvalue weighted by atomic mass is 127. The van der Waals surface area contributed by atoms with Gasteiger partial charge in [0.1, 0.15) is 11.6 Å². The first-order valence-electron chi connectivity index (χ1n) is 6.70. The van der Waals surface area contributed by atoms with Gasteiger partial charge in [-0.3, -0.25) is 0 Å². The number of nitrogens with zero attached hydrogens (tertiary/aromatic N) is 2. The van der Waals surface area contributed by atoms with Gasteiger partial charge in [-0.1, -0.05) is 12.1 Å². The molecule has 1 aliphatic carbocycles. The molecule has 0 aliphatic heterocycles. The number of rotatable bonds is 2. The Bertz CT molecular complexity index is 805. The molecule has 0 unspecified atom stereocenters. The van der Waals surface area contributed by atoms with Crippen LogP contribution in [0, 0.1) is 3.57 Å². The number of hydrogen-bond acceptors (Lipinski definition) is 2. The molecule has 4 heteroatoms. The fourth-order valence-electron chi connectivity index (χ4n) is 2.62. The summed E-state index contributed by atoms with van der Waals surface area (Å²) in [6, 6.07) is 14.4. The fraction of sp³-hybridized carbons (Fsp3) is 0.188. The molecule has 100 valence electrons. The van der Waals surface area contributed by atoms with E-state index in [1.807, 2.05) is 30.3 Å². The van der Waals surface area contributed by atoms with Crippen LogP contribution < -0.4 is 0 Å². The van der Waals surface area contributed by atoms with Gasteiger partial charge in [0.25, 0.3) is 0 Å². The predicted octanol–water partition coefficient (Wildman–Crippen LogP) is 4.35. The molecule has 1 saturated carbocycles. The van der Waals surface area contributed by atoms with E-state index >= 15 is 0 Å². The summed E-state index contributed by atoms with van der Waals surface area (Å²) in [5.74, 6) is 1.17. The van der Waals surface area contributed by atoms with Gasteiger partial charge < -0.3 is 9.67 Å². The molecule has 0 bridgehead atoms. The molecular formula is C16H13IN2O. The number of aromatic hydroxyl groups is 1. The van der Waals surface area contributed by atoms with Crippen LogP contribution in [0.4, 0.5) is 0 Å². The number of benzene rings is 2. The molecule has 0 saturated heterocycles. The van der Waals surface area contributed by atoms with Crippen LogP contribution in [0.25, 0.3) is 22.4 Å². The highest BCUT2D eigenvalue weighted by molar-refractivity contribution is 14.1. The van der Waals surface area contributed by atoms with Gasteiger partial charge in [0.15, 0.2) is 0 Å². The third-order valence-electron chi connectivity index (χ3n) is 3.71. The monoisotopic (exact) mass is 376 g/mol. The van der Waals surface area contributed by atoms with Crippen molar-refractivity contribution in [3.8, 4) is 17.1 Å². The maximum Gasteiger partial charge on any atom is 0.145 e. The summed E-state index contributed by atoms with van der Waals surface area (Å²) in [6.45, 7) is 0. The Morgan fingerprint density at radius 1 is 1.15 bits per heavy atom. The van der Waals surface area contributed by atoms with Gasteiger partial charge in [-0.25, -0.2) is 4.98 Å². The van der Waals surface area contributed by atoms with Crippen molar-refractivity contribution in [2.45, 2.75) is 18.9 Å². The molecule has 0 spiro atoms. The first-order valence-corrected chi connectivity index (χ1v) is 7.78. The van der Waals surface area contributed by atoms with Crippen molar-refractivity contribution in [3.63, 3.8) is 0 Å². The van der Waals surface area contributed by atoms with E-state index in [0.29, 0.717) is 11.8 Å². The lowest BCUT2D eigenvalue weighted by Crippen LogP contribution is -1.97. The normalized spacial score (nSPS) is 14.8. The second kappa shape index (κ2) is 4.48. The number of imidazole rings is 1. The van der Waals surface area contributed by atoms with Gasteiger partial charge in [0, 0.05) is 9.61 Å². The van der Waals surface area contributed by atoms with E-state index in [2.05, 4.69) is 33.2 Å². The molecule has 3 nitrogen and oxygen atoms in total. The van der Waals surface area contributed by atoms with Gasteiger partial charge in [-0.15, -0.1) is 0 Å². The van der Waals surface area contributed by atoms with E-state index in [-0.39, 0.29) is 0 Å². The minimum absolute atomic E-state index is 0.294. The Kier molecular flexibility index (Phi) is 2.73. The largest absolute Gasteiger partial charge is 0.507 e. The van der Waals surface area contributed by atoms with Gasteiger partial charge >= 0.3 is 0 Å². The summed E-state index contributed by atoms with van der Waals surface area (Å²) in [5, 5.41) is 10.2. The molecule has 1 aromatic heterocycles. The Morgan fingerprint density at radius 2 is 1.95 bits per heavy atom. The van der Waals surface area contributed by atoms with Crippen molar-refractivity contribution in [1.82, 2.24) is 9.55 Å². The predicted molar refractivity (Wildman–Crippen MR) is 87.8 cm³/mol. The number of fused-ring (bicyclic) bond motifs is 1. The highest BCUT2D eigenvalue weighted by Crippen LogP contribution is 2.42. The van der Waals surface area contributed by atoms with Gasteiger partial charge in [-0.2, -0.15) is 0 Å². The van der Waals surface area contributed by atoms with E-state index in [9.17, 15) is 5.11 Å². The van der Waals surface area contributed by atoms with E-state index in [4.69, 9.17) is 4.98 Å². The van der Waals surface area contributed by atoms with Gasteiger partial charge in [0.05, 0.1) is 16.6 Å². The second-order valence-electron chi connectivity index (χ2n) is 5.19. The molecular weight excluding hydrogens is 363 g/mol. The van der Waals surface area contributed by atoms with Crippen molar-refractivity contribution in [2.24, 2.45) is 0 Å². The number of para-hydroxylation sites is 2. The van der Waals surface area contributed by atoms with E-state index < -0.39 is 0 Å². The van der Waals surface area contributed by atoms with Crippen LogP contribution in [0.3, 0.4) is 0 Å². The third-order valence-corrected chi connectivity index (χ3v) is 4.38. The highest BCUT2D eigenvalue weighted by Gasteiger charge is 2.29. The van der Waals surface area contributed by atoms with E-state index in [1.54, 1.807) is 6.07 Å². The van der Waals surface area contributed by atoms with Crippen molar-refractivity contribution in [3.05, 3.63) is 46.0 Å². The van der Waals surface area contributed by atoms with Crippen molar-refractivity contribution in [2.75, 3.05) is 0 Å². The maximum absolute atomic E-state index is 10.2. The smallest absolute Gasteiger partial charge is 0.145 e. The fourth-order valence-corrected chi connectivity index (χ4v) is 3.12. The first-order chi connectivity index (χ1) is 9.74. The molecule has 1 aliphatic rings. The lowest BCUT2D eigenvalue weighted by atomic mass is 10.2. The summed E-state index contributed by atoms with van der Waals surface area (Å²) in [7, 11) is 0. The zero-order valence-electron chi connectivity index (χ0n) is 10.8. The summed E-state index contributed by atoms with van der Waals surface area (Å²) in [4.78, 5) is 4.75. The summed E-state index contributed by atoms with van der Waals surface area (Å²) in [6.07, 6.45) is 2.39. The Hall–Kier alpha value is -1.56. The number of phenols is 1. The van der Waals surface area contributed by atoms with Crippen LogP contribution >= 0.6 is 22.6 Å². The third kappa shape index (κ3) is 1.90. The van der Waals surface area contributed by atoms with Crippen LogP contribution in [-0.4, -0.2) is 14.7 Å². The van der Waals surface area contributed by atoms with E-state index in [1.165, 1.54) is 12.8 Å². The molecule has 1 fully saturated rings.